The van der Waals surface area contributed by atoms with E-state index in [9.17, 15) is 4.79 Å². The van der Waals surface area contributed by atoms with Gasteiger partial charge in [-0.3, -0.25) is 4.79 Å². The number of esters is 1. The van der Waals surface area contributed by atoms with Gasteiger partial charge < -0.3 is 9.47 Å². The molecule has 3 nitrogen and oxygen atoms in total. The van der Waals surface area contributed by atoms with E-state index in [1.165, 1.54) is 51.4 Å². The maximum Gasteiger partial charge on any atom is 0.306 e. The first-order valence-corrected chi connectivity index (χ1v) is 14.1. The average molecular weight is 457 g/mol. The molecule has 0 amide bonds. The van der Waals surface area contributed by atoms with E-state index in [1.54, 1.807) is 0 Å². The zero-order valence-electron chi connectivity index (χ0n) is 22.4. The van der Waals surface area contributed by atoms with E-state index in [2.05, 4.69) is 48.5 Å². The Morgan fingerprint density at radius 3 is 2.24 bits per heavy atom. The number of fused-ring (bicyclic) bond motifs is 5. The summed E-state index contributed by atoms with van der Waals surface area (Å²) >= 11 is 0. The molecule has 0 unspecified atom stereocenters. The van der Waals surface area contributed by atoms with Crippen molar-refractivity contribution in [1.29, 1.82) is 0 Å². The molecule has 6 fully saturated rings. The largest absolute Gasteiger partial charge is 0.459 e. The van der Waals surface area contributed by atoms with Gasteiger partial charge in [0, 0.05) is 12.3 Å². The number of cyclic esters (lactones) is 1. The van der Waals surface area contributed by atoms with Gasteiger partial charge in [0.25, 0.3) is 0 Å². The number of carbonyl (C=O) groups excluding carboxylic acids is 1. The van der Waals surface area contributed by atoms with Crippen molar-refractivity contribution in [3.63, 3.8) is 0 Å². The van der Waals surface area contributed by atoms with Gasteiger partial charge in [0.2, 0.25) is 0 Å². The van der Waals surface area contributed by atoms with E-state index in [0.717, 1.165) is 24.9 Å². The Morgan fingerprint density at radius 2 is 1.48 bits per heavy atom. The van der Waals surface area contributed by atoms with Crippen LogP contribution in [-0.4, -0.2) is 24.3 Å². The minimum atomic E-state index is -0.349. The molecule has 0 radical (unpaired) electrons. The lowest BCUT2D eigenvalue weighted by molar-refractivity contribution is -0.239. The molecule has 2 aliphatic heterocycles. The smallest absolute Gasteiger partial charge is 0.306 e. The summed E-state index contributed by atoms with van der Waals surface area (Å²) in [5, 5.41) is 0. The van der Waals surface area contributed by atoms with Gasteiger partial charge in [-0.2, -0.15) is 0 Å². The summed E-state index contributed by atoms with van der Waals surface area (Å²) in [7, 11) is 0. The van der Waals surface area contributed by atoms with E-state index in [0.29, 0.717) is 46.0 Å². The molecule has 186 valence electrons. The molecule has 3 heteroatoms. The molecule has 2 saturated heterocycles. The first kappa shape index (κ1) is 22.9. The van der Waals surface area contributed by atoms with Gasteiger partial charge in [-0.05, 0) is 116 Å². The van der Waals surface area contributed by atoms with Crippen molar-refractivity contribution >= 4 is 5.97 Å². The molecule has 0 spiro atoms. The molecule has 4 saturated carbocycles. The molecular formula is C30H48O3. The Hall–Kier alpha value is -0.570. The number of carbonyl (C=O) groups is 1. The lowest BCUT2D eigenvalue weighted by atomic mass is 9.32. The second-order valence-electron chi connectivity index (χ2n) is 15.4. The zero-order valence-corrected chi connectivity index (χ0v) is 22.4. The van der Waals surface area contributed by atoms with Gasteiger partial charge >= 0.3 is 5.97 Å². The third-order valence-electron chi connectivity index (χ3n) is 13.5. The highest BCUT2D eigenvalue weighted by atomic mass is 16.6. The fourth-order valence-corrected chi connectivity index (χ4v) is 11.6. The van der Waals surface area contributed by atoms with Crippen LogP contribution in [0.15, 0.2) is 0 Å². The van der Waals surface area contributed by atoms with Gasteiger partial charge in [-0.1, -0.05) is 34.6 Å². The molecule has 2 bridgehead atoms. The Kier molecular flexibility index (Phi) is 4.57. The molecule has 6 rings (SSSR count). The van der Waals surface area contributed by atoms with Crippen LogP contribution in [0.4, 0.5) is 0 Å². The van der Waals surface area contributed by atoms with Gasteiger partial charge in [-0.25, -0.2) is 0 Å². The quantitative estimate of drug-likeness (QED) is 0.362. The maximum atomic E-state index is 12.6. The molecule has 0 N–H and O–H groups in total. The molecule has 33 heavy (non-hydrogen) atoms. The van der Waals surface area contributed by atoms with Crippen molar-refractivity contribution in [2.75, 3.05) is 6.61 Å². The highest BCUT2D eigenvalue weighted by Crippen LogP contribution is 2.77. The van der Waals surface area contributed by atoms with Crippen LogP contribution in [0.3, 0.4) is 0 Å². The predicted octanol–water partition coefficient (Wildman–Crippen LogP) is 7.17. The summed E-state index contributed by atoms with van der Waals surface area (Å²) in [5.74, 6) is 2.71. The summed E-state index contributed by atoms with van der Waals surface area (Å²) in [6.45, 7) is 18.3. The van der Waals surface area contributed by atoms with Crippen LogP contribution in [0.1, 0.15) is 113 Å². The lowest BCUT2D eigenvalue weighted by Gasteiger charge is -2.72. The third kappa shape index (κ3) is 2.70. The van der Waals surface area contributed by atoms with Gasteiger partial charge in [0.05, 0.1) is 12.7 Å². The number of rotatable bonds is 0. The van der Waals surface area contributed by atoms with Crippen LogP contribution in [-0.2, 0) is 14.3 Å². The maximum absolute atomic E-state index is 12.6. The standard InChI is InChI=1S/C30H48O3/c1-25(2)14-16-30-17-15-28(6)19(23(30)24(25)32-18-30)8-9-21-27(5)12-11-22(31)33-26(3,4)20(27)10-13-29(21,28)7/h19-21,23-24H,8-18H2,1-7H3/t19-,20+,21+,23-,24-,27+,28+,29+,30+/m1/s1. The zero-order chi connectivity index (χ0) is 23.7. The third-order valence-corrected chi connectivity index (χ3v) is 13.5. The summed E-state index contributed by atoms with van der Waals surface area (Å²) in [6.07, 6.45) is 12.7. The van der Waals surface area contributed by atoms with E-state index in [1.807, 2.05) is 0 Å². The highest BCUT2D eigenvalue weighted by molar-refractivity contribution is 5.70. The van der Waals surface area contributed by atoms with E-state index in [-0.39, 0.29) is 17.0 Å². The Morgan fingerprint density at radius 1 is 0.758 bits per heavy atom. The first-order valence-electron chi connectivity index (χ1n) is 14.1. The monoisotopic (exact) mass is 456 g/mol. The summed E-state index contributed by atoms with van der Waals surface area (Å²) < 4.78 is 12.8. The molecule has 2 heterocycles. The van der Waals surface area contributed by atoms with Crippen LogP contribution >= 0.6 is 0 Å². The summed E-state index contributed by atoms with van der Waals surface area (Å²) in [5.41, 5.74) is 1.32. The van der Waals surface area contributed by atoms with Crippen molar-refractivity contribution in [1.82, 2.24) is 0 Å². The van der Waals surface area contributed by atoms with Gasteiger partial charge in [0.1, 0.15) is 5.60 Å². The molecule has 4 aliphatic carbocycles. The van der Waals surface area contributed by atoms with Gasteiger partial charge in [-0.15, -0.1) is 0 Å². The molecule has 9 atom stereocenters. The van der Waals surface area contributed by atoms with Crippen molar-refractivity contribution in [3.05, 3.63) is 0 Å². The predicted molar refractivity (Wildman–Crippen MR) is 131 cm³/mol. The molecule has 0 aromatic heterocycles. The molecule has 0 aromatic carbocycles. The SMILES string of the molecule is CC1(C)CC[C@@]23CC[C@@]4(C)[C@H](CC[C@H]5[C@@]6(C)CCC(=O)OC(C)(C)[C@@H]6CC[C@@]54C)[C@@H]2[C@H]1OC3. The Bertz CT molecular complexity index is 861. The van der Waals surface area contributed by atoms with Gasteiger partial charge in [0.15, 0.2) is 0 Å². The Balaban J connectivity index is 1.40. The highest BCUT2D eigenvalue weighted by Gasteiger charge is 2.72. The second-order valence-corrected chi connectivity index (χ2v) is 15.4. The second kappa shape index (κ2) is 6.60. The van der Waals surface area contributed by atoms with Crippen LogP contribution in [0.5, 0.6) is 0 Å². The van der Waals surface area contributed by atoms with Crippen LogP contribution in [0, 0.1) is 50.7 Å². The summed E-state index contributed by atoms with van der Waals surface area (Å²) in [4.78, 5) is 12.6. The topological polar surface area (TPSA) is 35.5 Å². The fourth-order valence-electron chi connectivity index (χ4n) is 11.6. The first-order chi connectivity index (χ1) is 15.3. The van der Waals surface area contributed by atoms with Crippen molar-refractivity contribution < 1.29 is 14.3 Å². The normalized spacial score (nSPS) is 56.5. The molecule has 0 aromatic rings. The van der Waals surface area contributed by atoms with Crippen LogP contribution < -0.4 is 0 Å². The molecule has 6 aliphatic rings. The number of hydrogen-bond donors (Lipinski definition) is 0. The minimum Gasteiger partial charge on any atom is -0.459 e. The Labute approximate surface area is 202 Å². The number of ether oxygens (including phenoxy) is 2. The average Bonchev–Trinajstić information content (AvgIpc) is 3.01. The van der Waals surface area contributed by atoms with Crippen LogP contribution in [0.2, 0.25) is 0 Å². The minimum absolute atomic E-state index is 0.0231. The van der Waals surface area contributed by atoms with Crippen molar-refractivity contribution in [2.24, 2.45) is 50.7 Å². The van der Waals surface area contributed by atoms with Crippen LogP contribution in [0.25, 0.3) is 0 Å². The lowest BCUT2D eigenvalue weighted by Crippen LogP contribution is -2.66. The summed E-state index contributed by atoms with van der Waals surface area (Å²) in [6, 6.07) is 0. The fraction of sp³-hybridized carbons (Fsp3) is 0.967. The molecular weight excluding hydrogens is 408 g/mol. The van der Waals surface area contributed by atoms with E-state index in [4.69, 9.17) is 9.47 Å². The van der Waals surface area contributed by atoms with E-state index >= 15 is 0 Å². The van der Waals surface area contributed by atoms with Crippen molar-refractivity contribution in [2.45, 2.75) is 124 Å². The van der Waals surface area contributed by atoms with Crippen molar-refractivity contribution in [3.8, 4) is 0 Å². The number of hydrogen-bond acceptors (Lipinski definition) is 3. The van der Waals surface area contributed by atoms with E-state index < -0.39 is 0 Å².